The Kier molecular flexibility index (Phi) is 4.56. The van der Waals surface area contributed by atoms with Gasteiger partial charge in [0.25, 0.3) is 0 Å². The van der Waals surface area contributed by atoms with Gasteiger partial charge in [-0.05, 0) is 67.6 Å². The predicted octanol–water partition coefficient (Wildman–Crippen LogP) is 2.40. The van der Waals surface area contributed by atoms with E-state index in [0.717, 1.165) is 30.7 Å². The van der Waals surface area contributed by atoms with Crippen LogP contribution in [0.3, 0.4) is 0 Å². The van der Waals surface area contributed by atoms with E-state index >= 15 is 0 Å². The van der Waals surface area contributed by atoms with Crippen LogP contribution in [0.1, 0.15) is 58.8 Å². The topological polar surface area (TPSA) is 84.2 Å². The Morgan fingerprint density at radius 2 is 1.65 bits per heavy atom. The van der Waals surface area contributed by atoms with Gasteiger partial charge in [-0.1, -0.05) is 20.3 Å². The summed E-state index contributed by atoms with van der Waals surface area (Å²) in [7, 11) is 0. The monoisotopic (exact) mass is 321 g/mol. The molecule has 0 aromatic carbocycles. The van der Waals surface area contributed by atoms with Gasteiger partial charge < -0.3 is 16.4 Å². The molecule has 0 aromatic heterocycles. The van der Waals surface area contributed by atoms with Crippen molar-refractivity contribution in [3.05, 3.63) is 0 Å². The van der Waals surface area contributed by atoms with E-state index in [4.69, 9.17) is 5.73 Å². The Balaban J connectivity index is 1.60. The van der Waals surface area contributed by atoms with Crippen molar-refractivity contribution in [2.24, 2.45) is 34.8 Å². The van der Waals surface area contributed by atoms with Crippen molar-refractivity contribution in [1.29, 1.82) is 0 Å². The number of carbonyl (C=O) groups excluding carboxylic acids is 2. The zero-order valence-corrected chi connectivity index (χ0v) is 14.4. The minimum absolute atomic E-state index is 0.0751. The molecule has 5 heteroatoms. The third-order valence-electron chi connectivity index (χ3n) is 6.60. The fraction of sp³-hybridized carbons (Fsp3) is 0.889. The summed E-state index contributed by atoms with van der Waals surface area (Å²) in [6.07, 6.45) is 8.88. The van der Waals surface area contributed by atoms with Crippen LogP contribution in [0.15, 0.2) is 0 Å². The van der Waals surface area contributed by atoms with Crippen molar-refractivity contribution in [1.82, 2.24) is 10.6 Å². The number of primary amides is 1. The molecule has 4 bridgehead atoms. The van der Waals surface area contributed by atoms with Gasteiger partial charge in [0, 0.05) is 6.54 Å². The number of nitrogens with one attached hydrogen (secondary N) is 2. The van der Waals surface area contributed by atoms with Gasteiger partial charge in [-0.2, -0.15) is 0 Å². The first-order valence-electron chi connectivity index (χ1n) is 9.24. The second kappa shape index (κ2) is 6.33. The molecule has 4 aliphatic carbocycles. The van der Waals surface area contributed by atoms with Gasteiger partial charge in [0.1, 0.15) is 6.04 Å². The standard InChI is InChI=1S/C18H31N3O2/c1-3-11(2)15(21-17(19)23)16(22)20-10-18-7-12-4-13(8-18)6-14(5-12)9-18/h11-15H,3-10H2,1-2H3,(H,20,22)(H3,19,21,23)/t11-,12?,13?,14?,15-,18?/m0/s1. The van der Waals surface area contributed by atoms with Crippen LogP contribution in [0, 0.1) is 29.1 Å². The highest BCUT2D eigenvalue weighted by molar-refractivity contribution is 5.86. The van der Waals surface area contributed by atoms with Crippen LogP contribution in [-0.4, -0.2) is 24.5 Å². The molecule has 0 aromatic rings. The Labute approximate surface area is 139 Å². The summed E-state index contributed by atoms with van der Waals surface area (Å²) in [4.78, 5) is 23.8. The fourth-order valence-electron chi connectivity index (χ4n) is 5.75. The molecule has 4 saturated carbocycles. The first kappa shape index (κ1) is 16.6. The Morgan fingerprint density at radius 1 is 1.13 bits per heavy atom. The summed E-state index contributed by atoms with van der Waals surface area (Å²) >= 11 is 0. The molecule has 0 heterocycles. The SMILES string of the molecule is CC[C@H](C)[C@H](NC(N)=O)C(=O)NCC12CC3CC(CC(C3)C1)C2. The summed E-state index contributed by atoms with van der Waals surface area (Å²) in [6, 6.07) is -1.15. The highest BCUT2D eigenvalue weighted by Gasteiger charge is 2.50. The van der Waals surface area contributed by atoms with E-state index < -0.39 is 12.1 Å². The van der Waals surface area contributed by atoms with Crippen LogP contribution < -0.4 is 16.4 Å². The first-order valence-corrected chi connectivity index (χ1v) is 9.24. The molecular weight excluding hydrogens is 290 g/mol. The smallest absolute Gasteiger partial charge is 0.312 e. The average Bonchev–Trinajstić information content (AvgIpc) is 2.48. The number of nitrogens with two attached hydrogens (primary N) is 1. The molecule has 0 radical (unpaired) electrons. The van der Waals surface area contributed by atoms with E-state index in [1.165, 1.54) is 38.5 Å². The van der Waals surface area contributed by atoms with Crippen LogP contribution in [0.4, 0.5) is 4.79 Å². The largest absolute Gasteiger partial charge is 0.354 e. The Morgan fingerprint density at radius 3 is 2.09 bits per heavy atom. The average molecular weight is 321 g/mol. The van der Waals surface area contributed by atoms with E-state index in [-0.39, 0.29) is 11.8 Å². The highest BCUT2D eigenvalue weighted by Crippen LogP contribution is 2.59. The first-order chi connectivity index (χ1) is 10.9. The summed E-state index contributed by atoms with van der Waals surface area (Å²) in [6.45, 7) is 4.76. The lowest BCUT2D eigenvalue weighted by atomic mass is 9.49. The normalized spacial score (nSPS) is 37.2. The summed E-state index contributed by atoms with van der Waals surface area (Å²) < 4.78 is 0. The van der Waals surface area contributed by atoms with Crippen molar-refractivity contribution in [3.63, 3.8) is 0 Å². The van der Waals surface area contributed by atoms with E-state index in [0.29, 0.717) is 5.41 Å². The van der Waals surface area contributed by atoms with Gasteiger partial charge in [-0.3, -0.25) is 4.79 Å². The lowest BCUT2D eigenvalue weighted by Crippen LogP contribution is -2.56. The molecule has 0 unspecified atom stereocenters. The van der Waals surface area contributed by atoms with Crippen LogP contribution in [0.5, 0.6) is 0 Å². The fourth-order valence-corrected chi connectivity index (χ4v) is 5.75. The predicted molar refractivity (Wildman–Crippen MR) is 89.6 cm³/mol. The van der Waals surface area contributed by atoms with Gasteiger partial charge in [0.2, 0.25) is 5.91 Å². The minimum Gasteiger partial charge on any atom is -0.354 e. The molecule has 0 saturated heterocycles. The molecule has 4 aliphatic rings. The maximum absolute atomic E-state index is 12.6. The maximum atomic E-state index is 12.6. The number of rotatable bonds is 6. The Hall–Kier alpha value is -1.26. The lowest BCUT2D eigenvalue weighted by Gasteiger charge is -2.57. The van der Waals surface area contributed by atoms with Crippen molar-refractivity contribution >= 4 is 11.9 Å². The zero-order chi connectivity index (χ0) is 16.6. The van der Waals surface area contributed by atoms with Gasteiger partial charge in [-0.15, -0.1) is 0 Å². The van der Waals surface area contributed by atoms with Crippen molar-refractivity contribution in [2.75, 3.05) is 6.54 Å². The Bertz CT molecular complexity index is 442. The van der Waals surface area contributed by atoms with E-state index in [1.807, 2.05) is 13.8 Å². The molecule has 0 spiro atoms. The number of carbonyl (C=O) groups is 2. The number of hydrogen-bond acceptors (Lipinski definition) is 2. The highest BCUT2D eigenvalue weighted by atomic mass is 16.2. The van der Waals surface area contributed by atoms with Crippen molar-refractivity contribution < 1.29 is 9.59 Å². The van der Waals surface area contributed by atoms with E-state index in [1.54, 1.807) is 0 Å². The van der Waals surface area contributed by atoms with Gasteiger partial charge in [0.05, 0.1) is 0 Å². The van der Waals surface area contributed by atoms with Crippen LogP contribution >= 0.6 is 0 Å². The van der Waals surface area contributed by atoms with Crippen LogP contribution in [-0.2, 0) is 4.79 Å². The second-order valence-electron chi connectivity index (χ2n) is 8.51. The quantitative estimate of drug-likeness (QED) is 0.702. The molecule has 2 atom stereocenters. The molecular formula is C18H31N3O2. The molecule has 4 rings (SSSR count). The van der Waals surface area contributed by atoms with Crippen molar-refractivity contribution in [2.45, 2.75) is 64.8 Å². The summed E-state index contributed by atoms with van der Waals surface area (Å²) in [5.74, 6) is 2.65. The van der Waals surface area contributed by atoms with E-state index in [2.05, 4.69) is 10.6 Å². The van der Waals surface area contributed by atoms with Crippen molar-refractivity contribution in [3.8, 4) is 0 Å². The third-order valence-corrected chi connectivity index (χ3v) is 6.60. The number of urea groups is 1. The van der Waals surface area contributed by atoms with Crippen LogP contribution in [0.25, 0.3) is 0 Å². The van der Waals surface area contributed by atoms with Gasteiger partial charge >= 0.3 is 6.03 Å². The number of hydrogen-bond donors (Lipinski definition) is 3. The van der Waals surface area contributed by atoms with Gasteiger partial charge in [-0.25, -0.2) is 4.79 Å². The second-order valence-corrected chi connectivity index (χ2v) is 8.51. The molecule has 0 aliphatic heterocycles. The summed E-state index contributed by atoms with van der Waals surface area (Å²) in [5, 5.41) is 5.77. The molecule has 3 amide bonds. The van der Waals surface area contributed by atoms with Gasteiger partial charge in [0.15, 0.2) is 0 Å². The third kappa shape index (κ3) is 3.48. The summed E-state index contributed by atoms with van der Waals surface area (Å²) in [5.41, 5.74) is 5.55. The zero-order valence-electron chi connectivity index (χ0n) is 14.4. The molecule has 4 N–H and O–H groups in total. The minimum atomic E-state index is -0.625. The lowest BCUT2D eigenvalue weighted by molar-refractivity contribution is -0.126. The number of amides is 3. The van der Waals surface area contributed by atoms with Crippen LogP contribution in [0.2, 0.25) is 0 Å². The molecule has 130 valence electrons. The van der Waals surface area contributed by atoms with E-state index in [9.17, 15) is 9.59 Å². The molecule has 5 nitrogen and oxygen atoms in total. The maximum Gasteiger partial charge on any atom is 0.312 e. The molecule has 4 fully saturated rings. The molecule has 23 heavy (non-hydrogen) atoms.